The largest absolute Gasteiger partial charge is 0.322 e. The van der Waals surface area contributed by atoms with Gasteiger partial charge in [0.1, 0.15) is 10.8 Å². The van der Waals surface area contributed by atoms with E-state index in [-0.39, 0.29) is 11.9 Å². The maximum absolute atomic E-state index is 13.7. The van der Waals surface area contributed by atoms with Gasteiger partial charge in [0.15, 0.2) is 0 Å². The summed E-state index contributed by atoms with van der Waals surface area (Å²) >= 11 is 7.43. The first-order chi connectivity index (χ1) is 9.63. The minimum atomic E-state index is -0.333. The summed E-state index contributed by atoms with van der Waals surface area (Å²) < 4.78 is 14.8. The number of nitrogens with two attached hydrogens (primary N) is 1. The molecule has 0 aliphatic carbocycles. The minimum absolute atomic E-state index is 0.286. The molecule has 20 heavy (non-hydrogen) atoms. The highest BCUT2D eigenvalue weighted by Crippen LogP contribution is 2.28. The number of hydrogen-bond acceptors (Lipinski definition) is 3. The predicted octanol–water partition coefficient (Wildman–Crippen LogP) is 4.33. The van der Waals surface area contributed by atoms with Crippen LogP contribution in [0.25, 0.3) is 10.2 Å². The zero-order valence-electron chi connectivity index (χ0n) is 10.5. The fourth-order valence-electron chi connectivity index (χ4n) is 2.07. The summed E-state index contributed by atoms with van der Waals surface area (Å²) in [6.07, 6.45) is 0.381. The van der Waals surface area contributed by atoms with E-state index in [0.29, 0.717) is 17.0 Å². The molecule has 0 fully saturated rings. The van der Waals surface area contributed by atoms with E-state index in [4.69, 9.17) is 17.3 Å². The van der Waals surface area contributed by atoms with Crippen molar-refractivity contribution in [2.75, 3.05) is 0 Å². The van der Waals surface area contributed by atoms with Crippen molar-refractivity contribution in [1.82, 2.24) is 4.98 Å². The van der Waals surface area contributed by atoms with Gasteiger partial charge in [-0.05, 0) is 42.3 Å². The molecule has 2 N–H and O–H groups in total. The van der Waals surface area contributed by atoms with Gasteiger partial charge in [-0.25, -0.2) is 9.37 Å². The van der Waals surface area contributed by atoms with Crippen molar-refractivity contribution in [1.29, 1.82) is 0 Å². The Kier molecular flexibility index (Phi) is 3.70. The Morgan fingerprint density at radius 2 is 2.05 bits per heavy atom. The van der Waals surface area contributed by atoms with Crippen molar-refractivity contribution in [2.24, 2.45) is 5.73 Å². The number of thiazole rings is 1. The van der Waals surface area contributed by atoms with Crippen LogP contribution in [-0.2, 0) is 6.42 Å². The second-order valence-electron chi connectivity index (χ2n) is 4.57. The highest BCUT2D eigenvalue weighted by Gasteiger charge is 2.15. The second kappa shape index (κ2) is 5.48. The lowest BCUT2D eigenvalue weighted by molar-refractivity contribution is 0.593. The molecule has 1 aromatic heterocycles. The Hall–Kier alpha value is -1.49. The summed E-state index contributed by atoms with van der Waals surface area (Å²) in [5, 5.41) is 1.32. The molecule has 0 aliphatic heterocycles. The number of hydrogen-bond donors (Lipinski definition) is 1. The molecule has 1 unspecified atom stereocenters. The van der Waals surface area contributed by atoms with E-state index >= 15 is 0 Å². The van der Waals surface area contributed by atoms with Crippen LogP contribution in [0, 0.1) is 5.82 Å². The Bertz CT molecular complexity index is 723. The number of rotatable bonds is 3. The lowest BCUT2D eigenvalue weighted by Crippen LogP contribution is -2.13. The van der Waals surface area contributed by atoms with Crippen molar-refractivity contribution in [3.05, 3.63) is 63.9 Å². The molecule has 0 radical (unpaired) electrons. The van der Waals surface area contributed by atoms with Crippen molar-refractivity contribution >= 4 is 33.2 Å². The number of halogens is 2. The maximum atomic E-state index is 13.7. The zero-order valence-corrected chi connectivity index (χ0v) is 12.1. The normalized spacial score (nSPS) is 12.8. The predicted molar refractivity (Wildman–Crippen MR) is 81.7 cm³/mol. The Morgan fingerprint density at radius 1 is 1.25 bits per heavy atom. The molecule has 0 spiro atoms. The molecule has 1 heterocycles. The monoisotopic (exact) mass is 306 g/mol. The van der Waals surface area contributed by atoms with Crippen LogP contribution in [0.5, 0.6) is 0 Å². The van der Waals surface area contributed by atoms with Gasteiger partial charge in [0.25, 0.3) is 0 Å². The molecule has 0 amide bonds. The van der Waals surface area contributed by atoms with Crippen LogP contribution in [0.2, 0.25) is 5.02 Å². The highest BCUT2D eigenvalue weighted by atomic mass is 35.5. The lowest BCUT2D eigenvalue weighted by atomic mass is 10.1. The van der Waals surface area contributed by atoms with Crippen LogP contribution in [0.3, 0.4) is 0 Å². The van der Waals surface area contributed by atoms with Crippen molar-refractivity contribution in [2.45, 2.75) is 12.5 Å². The Morgan fingerprint density at radius 3 is 2.85 bits per heavy atom. The molecule has 102 valence electrons. The van der Waals surface area contributed by atoms with Crippen molar-refractivity contribution in [3.63, 3.8) is 0 Å². The van der Waals surface area contributed by atoms with E-state index in [1.54, 1.807) is 17.4 Å². The van der Waals surface area contributed by atoms with Gasteiger partial charge in [-0.15, -0.1) is 11.3 Å². The van der Waals surface area contributed by atoms with E-state index < -0.39 is 0 Å². The minimum Gasteiger partial charge on any atom is -0.322 e. The van der Waals surface area contributed by atoms with Crippen LogP contribution in [0.15, 0.2) is 42.5 Å². The third-order valence-corrected chi connectivity index (χ3v) is 4.48. The third kappa shape index (κ3) is 2.68. The molecule has 0 aliphatic rings. The molecular weight excluding hydrogens is 295 g/mol. The average Bonchev–Trinajstić information content (AvgIpc) is 2.87. The van der Waals surface area contributed by atoms with Gasteiger partial charge in [0.2, 0.25) is 0 Å². The number of benzene rings is 2. The molecule has 3 aromatic rings. The number of para-hydroxylation sites is 1. The first-order valence-corrected chi connectivity index (χ1v) is 7.38. The number of fused-ring (bicyclic) bond motifs is 1. The van der Waals surface area contributed by atoms with Gasteiger partial charge < -0.3 is 5.73 Å². The third-order valence-electron chi connectivity index (χ3n) is 3.08. The van der Waals surface area contributed by atoms with Crippen molar-refractivity contribution in [3.8, 4) is 0 Å². The topological polar surface area (TPSA) is 38.9 Å². The SMILES string of the molecule is NC(Cc1cc(Cl)ccc1F)c1nc2ccccc2s1. The van der Waals surface area contributed by atoms with Gasteiger partial charge in [0.05, 0.1) is 16.3 Å². The van der Waals surface area contributed by atoms with Crippen LogP contribution in [0.1, 0.15) is 16.6 Å². The smallest absolute Gasteiger partial charge is 0.126 e. The van der Waals surface area contributed by atoms with Gasteiger partial charge in [-0.2, -0.15) is 0 Å². The maximum Gasteiger partial charge on any atom is 0.126 e. The van der Waals surface area contributed by atoms with Crippen LogP contribution in [-0.4, -0.2) is 4.98 Å². The average molecular weight is 307 g/mol. The summed E-state index contributed by atoms with van der Waals surface area (Å²) in [6.45, 7) is 0. The molecule has 2 nitrogen and oxygen atoms in total. The molecule has 0 saturated carbocycles. The summed E-state index contributed by atoms with van der Waals surface area (Å²) in [6, 6.07) is 12.0. The molecule has 0 saturated heterocycles. The fraction of sp³-hybridized carbons (Fsp3) is 0.133. The Balaban J connectivity index is 1.88. The van der Waals surface area contributed by atoms with Crippen LogP contribution >= 0.6 is 22.9 Å². The van der Waals surface area contributed by atoms with Crippen LogP contribution < -0.4 is 5.73 Å². The van der Waals surface area contributed by atoms with E-state index in [1.165, 1.54) is 12.1 Å². The first-order valence-electron chi connectivity index (χ1n) is 6.18. The first kappa shape index (κ1) is 13.5. The van der Waals surface area contributed by atoms with Gasteiger partial charge >= 0.3 is 0 Å². The summed E-state index contributed by atoms with van der Waals surface area (Å²) in [5.74, 6) is -0.286. The molecular formula is C15H12ClFN2S. The van der Waals surface area contributed by atoms with E-state index in [1.807, 2.05) is 24.3 Å². The standard InChI is InChI=1S/C15H12ClFN2S/c16-10-5-6-11(17)9(7-10)8-12(18)15-19-13-3-1-2-4-14(13)20-15/h1-7,12H,8,18H2. The molecule has 0 bridgehead atoms. The van der Waals surface area contributed by atoms with Crippen LogP contribution in [0.4, 0.5) is 4.39 Å². The van der Waals surface area contributed by atoms with E-state index in [2.05, 4.69) is 4.98 Å². The van der Waals surface area contributed by atoms with Gasteiger partial charge in [-0.1, -0.05) is 23.7 Å². The summed E-state index contributed by atoms with van der Waals surface area (Å²) in [4.78, 5) is 4.50. The molecule has 1 atom stereocenters. The van der Waals surface area contributed by atoms with Gasteiger partial charge in [0, 0.05) is 5.02 Å². The number of aromatic nitrogens is 1. The molecule has 5 heteroatoms. The van der Waals surface area contributed by atoms with Gasteiger partial charge in [-0.3, -0.25) is 0 Å². The van der Waals surface area contributed by atoms with Crippen molar-refractivity contribution < 1.29 is 4.39 Å². The fourth-order valence-corrected chi connectivity index (χ4v) is 3.24. The molecule has 3 rings (SSSR count). The molecule has 2 aromatic carbocycles. The Labute approximate surface area is 125 Å². The van der Waals surface area contributed by atoms with E-state index in [0.717, 1.165) is 15.2 Å². The summed E-state index contributed by atoms with van der Waals surface area (Å²) in [7, 11) is 0. The number of nitrogens with zero attached hydrogens (tertiary/aromatic N) is 1. The summed E-state index contributed by atoms with van der Waals surface area (Å²) in [5.41, 5.74) is 7.59. The zero-order chi connectivity index (χ0) is 14.1. The highest BCUT2D eigenvalue weighted by molar-refractivity contribution is 7.18. The van der Waals surface area contributed by atoms with E-state index in [9.17, 15) is 4.39 Å². The second-order valence-corrected chi connectivity index (χ2v) is 6.06. The lowest BCUT2D eigenvalue weighted by Gasteiger charge is -2.09. The quantitative estimate of drug-likeness (QED) is 0.782.